The summed E-state index contributed by atoms with van der Waals surface area (Å²) in [5.41, 5.74) is 1.41. The quantitative estimate of drug-likeness (QED) is 0.692. The number of nitrogens with one attached hydrogen (secondary N) is 1. The van der Waals surface area contributed by atoms with Crippen molar-refractivity contribution in [2.24, 2.45) is 0 Å². The van der Waals surface area contributed by atoms with Gasteiger partial charge in [0.1, 0.15) is 5.82 Å². The van der Waals surface area contributed by atoms with Crippen LogP contribution in [0, 0.1) is 5.82 Å². The Bertz CT molecular complexity index is 1120. The number of rotatable bonds is 3. The molecule has 1 N–H and O–H groups in total. The third-order valence-electron chi connectivity index (χ3n) is 5.85. The monoisotopic (exact) mass is 393 g/mol. The van der Waals surface area contributed by atoms with Crippen molar-refractivity contribution in [2.75, 3.05) is 31.1 Å². The molecule has 29 heavy (non-hydrogen) atoms. The first-order valence-corrected chi connectivity index (χ1v) is 9.64. The molecule has 0 radical (unpaired) electrons. The molecule has 2 aliphatic heterocycles. The molecule has 1 aromatic heterocycles. The largest absolute Gasteiger partial charge is 0.352 e. The normalized spacial score (nSPS) is 18.6. The van der Waals surface area contributed by atoms with Crippen molar-refractivity contribution < 1.29 is 14.0 Å². The summed E-state index contributed by atoms with van der Waals surface area (Å²) in [4.78, 5) is 31.0. The van der Waals surface area contributed by atoms with E-state index in [4.69, 9.17) is 0 Å². The fraction of sp³-hybridized carbons (Fsp3) is 0.286. The maximum atomic E-state index is 13.5. The summed E-state index contributed by atoms with van der Waals surface area (Å²) >= 11 is 0. The van der Waals surface area contributed by atoms with Gasteiger partial charge in [-0.15, -0.1) is 0 Å². The van der Waals surface area contributed by atoms with E-state index in [1.54, 1.807) is 0 Å². The van der Waals surface area contributed by atoms with E-state index >= 15 is 0 Å². The molecule has 5 rings (SSSR count). The van der Waals surface area contributed by atoms with Gasteiger partial charge in [0.2, 0.25) is 0 Å². The van der Waals surface area contributed by atoms with Gasteiger partial charge in [-0.25, -0.2) is 4.39 Å². The highest BCUT2D eigenvalue weighted by Crippen LogP contribution is 2.28. The molecule has 3 aromatic rings. The molecule has 0 aliphatic carbocycles. The van der Waals surface area contributed by atoms with Crippen LogP contribution in [-0.2, 0) is 0 Å². The van der Waals surface area contributed by atoms with Crippen LogP contribution in [0.4, 0.5) is 10.2 Å². The zero-order chi connectivity index (χ0) is 20.1. The molecule has 1 unspecified atom stereocenters. The zero-order valence-electron chi connectivity index (χ0n) is 15.9. The number of anilines is 1. The van der Waals surface area contributed by atoms with Crippen molar-refractivity contribution in [1.82, 2.24) is 20.0 Å². The number of nitrogens with zero attached hydrogens (tertiary/aromatic N) is 4. The fourth-order valence-corrected chi connectivity index (χ4v) is 4.23. The van der Waals surface area contributed by atoms with Crippen LogP contribution in [0.25, 0.3) is 10.9 Å². The van der Waals surface area contributed by atoms with E-state index in [0.717, 1.165) is 35.9 Å². The predicted octanol–water partition coefficient (Wildman–Crippen LogP) is 2.47. The lowest BCUT2D eigenvalue weighted by Gasteiger charge is -2.40. The SMILES string of the molecule is CC(N1CCN(c2n[nH]c3ccccc23)CC1)N1C(=O)c2ccc(F)cc2C1=O. The first-order valence-electron chi connectivity index (χ1n) is 9.64. The van der Waals surface area contributed by atoms with Crippen LogP contribution >= 0.6 is 0 Å². The maximum Gasteiger partial charge on any atom is 0.262 e. The number of imide groups is 1. The van der Waals surface area contributed by atoms with Crippen LogP contribution in [0.5, 0.6) is 0 Å². The second-order valence-electron chi connectivity index (χ2n) is 7.42. The number of hydrogen-bond donors (Lipinski definition) is 1. The first-order chi connectivity index (χ1) is 14.0. The van der Waals surface area contributed by atoms with Gasteiger partial charge in [0.05, 0.1) is 22.8 Å². The van der Waals surface area contributed by atoms with Gasteiger partial charge in [-0.1, -0.05) is 12.1 Å². The van der Waals surface area contributed by atoms with Crippen LogP contribution in [0.15, 0.2) is 42.5 Å². The number of aromatic amines is 1. The Morgan fingerprint density at radius 3 is 2.52 bits per heavy atom. The number of halogens is 1. The summed E-state index contributed by atoms with van der Waals surface area (Å²) in [5, 5.41) is 8.59. The number of hydrogen-bond acceptors (Lipinski definition) is 5. The number of benzene rings is 2. The third-order valence-corrected chi connectivity index (χ3v) is 5.85. The number of aromatic nitrogens is 2. The van der Waals surface area contributed by atoms with E-state index in [1.807, 2.05) is 31.2 Å². The Kier molecular flexibility index (Phi) is 4.09. The lowest BCUT2D eigenvalue weighted by Crippen LogP contribution is -2.56. The van der Waals surface area contributed by atoms with E-state index in [1.165, 1.54) is 17.0 Å². The Labute approximate surface area is 166 Å². The Balaban J connectivity index is 1.31. The maximum absolute atomic E-state index is 13.5. The summed E-state index contributed by atoms with van der Waals surface area (Å²) in [7, 11) is 0. The third kappa shape index (κ3) is 2.79. The van der Waals surface area contributed by atoms with Crippen molar-refractivity contribution in [2.45, 2.75) is 13.1 Å². The van der Waals surface area contributed by atoms with Crippen LogP contribution in [-0.4, -0.2) is 64.2 Å². The van der Waals surface area contributed by atoms with Crippen molar-refractivity contribution in [3.8, 4) is 0 Å². The molecule has 0 spiro atoms. The molecular weight excluding hydrogens is 373 g/mol. The topological polar surface area (TPSA) is 72.5 Å². The Morgan fingerprint density at radius 1 is 1.00 bits per heavy atom. The van der Waals surface area contributed by atoms with Crippen molar-refractivity contribution in [3.05, 3.63) is 59.4 Å². The summed E-state index contributed by atoms with van der Waals surface area (Å²) in [6, 6.07) is 11.7. The smallest absolute Gasteiger partial charge is 0.262 e. The Morgan fingerprint density at radius 2 is 1.72 bits per heavy atom. The number of para-hydroxylation sites is 1. The second-order valence-corrected chi connectivity index (χ2v) is 7.42. The minimum atomic E-state index is -0.515. The van der Waals surface area contributed by atoms with Gasteiger partial charge in [0.25, 0.3) is 11.8 Å². The van der Waals surface area contributed by atoms with Crippen molar-refractivity contribution in [1.29, 1.82) is 0 Å². The number of H-pyrrole nitrogens is 1. The van der Waals surface area contributed by atoms with Crippen LogP contribution in [0.2, 0.25) is 0 Å². The molecule has 2 amide bonds. The van der Waals surface area contributed by atoms with Gasteiger partial charge >= 0.3 is 0 Å². The zero-order valence-corrected chi connectivity index (χ0v) is 15.9. The lowest BCUT2D eigenvalue weighted by atomic mass is 10.1. The number of amides is 2. The van der Waals surface area contributed by atoms with E-state index in [2.05, 4.69) is 20.0 Å². The predicted molar refractivity (Wildman–Crippen MR) is 106 cm³/mol. The van der Waals surface area contributed by atoms with E-state index in [0.29, 0.717) is 13.1 Å². The van der Waals surface area contributed by atoms with E-state index < -0.39 is 17.9 Å². The van der Waals surface area contributed by atoms with Gasteiger partial charge in [-0.3, -0.25) is 24.5 Å². The molecule has 1 fully saturated rings. The number of carbonyl (C=O) groups is 2. The van der Waals surface area contributed by atoms with Gasteiger partial charge in [-0.05, 0) is 37.3 Å². The summed E-state index contributed by atoms with van der Waals surface area (Å²) in [6.45, 7) is 4.68. The molecule has 3 heterocycles. The van der Waals surface area contributed by atoms with Gasteiger partial charge in [-0.2, -0.15) is 5.10 Å². The average molecular weight is 393 g/mol. The van der Waals surface area contributed by atoms with Crippen LogP contribution in [0.1, 0.15) is 27.6 Å². The average Bonchev–Trinajstić information content (AvgIpc) is 3.27. The summed E-state index contributed by atoms with van der Waals surface area (Å²) in [5.74, 6) is -0.390. The van der Waals surface area contributed by atoms with Crippen LogP contribution in [0.3, 0.4) is 0 Å². The first kappa shape index (κ1) is 17.8. The molecule has 1 saturated heterocycles. The lowest BCUT2D eigenvalue weighted by molar-refractivity contribution is 0.0339. The molecule has 1 atom stereocenters. The number of piperazine rings is 1. The van der Waals surface area contributed by atoms with Gasteiger partial charge < -0.3 is 4.90 Å². The highest BCUT2D eigenvalue weighted by atomic mass is 19.1. The molecule has 2 aliphatic rings. The molecule has 0 bridgehead atoms. The highest BCUT2D eigenvalue weighted by Gasteiger charge is 2.41. The van der Waals surface area contributed by atoms with E-state index in [-0.39, 0.29) is 17.0 Å². The minimum Gasteiger partial charge on any atom is -0.352 e. The van der Waals surface area contributed by atoms with Crippen LogP contribution < -0.4 is 4.90 Å². The van der Waals surface area contributed by atoms with Gasteiger partial charge in [0, 0.05) is 31.6 Å². The van der Waals surface area contributed by atoms with Gasteiger partial charge in [0.15, 0.2) is 5.82 Å². The standard InChI is InChI=1S/C21H20FN5O2/c1-13(27-20(28)15-7-6-14(22)12-17(15)21(27)29)25-8-10-26(11-9-25)19-16-4-2-3-5-18(16)23-24-19/h2-7,12-13H,8-11H2,1H3,(H,23,24). The van der Waals surface area contributed by atoms with Crippen molar-refractivity contribution >= 4 is 28.5 Å². The fourth-order valence-electron chi connectivity index (χ4n) is 4.23. The minimum absolute atomic E-state index is 0.142. The molecule has 2 aromatic carbocycles. The molecule has 7 nitrogen and oxygen atoms in total. The highest BCUT2D eigenvalue weighted by molar-refractivity contribution is 6.21. The van der Waals surface area contributed by atoms with E-state index in [9.17, 15) is 14.0 Å². The van der Waals surface area contributed by atoms with Crippen molar-refractivity contribution in [3.63, 3.8) is 0 Å². The summed E-state index contributed by atoms with van der Waals surface area (Å²) in [6.07, 6.45) is -0.400. The molecular formula is C21H20FN5O2. The number of carbonyl (C=O) groups excluding carboxylic acids is 2. The second kappa shape index (κ2) is 6.66. The summed E-state index contributed by atoms with van der Waals surface area (Å²) < 4.78 is 13.5. The Hall–Kier alpha value is -3.26. The molecule has 148 valence electrons. The molecule has 8 heteroatoms. The molecule has 0 saturated carbocycles. The number of fused-ring (bicyclic) bond motifs is 2.